The van der Waals surface area contributed by atoms with Crippen LogP contribution in [0, 0.1) is 16.7 Å². The Morgan fingerprint density at radius 1 is 1.64 bits per heavy atom. The van der Waals surface area contributed by atoms with Gasteiger partial charge in [0.05, 0.1) is 24.3 Å². The maximum absolute atomic E-state index is 10.9. The van der Waals surface area contributed by atoms with Crippen LogP contribution in [0.1, 0.15) is 13.8 Å². The number of nitrogens with zero attached hydrogens (tertiary/aromatic N) is 1. The summed E-state index contributed by atoms with van der Waals surface area (Å²) >= 11 is 0. The summed E-state index contributed by atoms with van der Waals surface area (Å²) in [5.74, 6) is -0.383. The molecule has 1 aliphatic carbocycles. The third kappa shape index (κ3) is 0.911. The lowest BCUT2D eigenvalue weighted by Gasteiger charge is -2.00. The minimum atomic E-state index is -0.383. The molecule has 0 N–H and O–H groups in total. The van der Waals surface area contributed by atoms with E-state index in [4.69, 9.17) is 5.26 Å². The zero-order valence-corrected chi connectivity index (χ0v) is 6.76. The van der Waals surface area contributed by atoms with E-state index in [1.54, 1.807) is 0 Å². The molecule has 0 radical (unpaired) electrons. The highest BCUT2D eigenvalue weighted by atomic mass is 16.5. The van der Waals surface area contributed by atoms with Gasteiger partial charge in [0.2, 0.25) is 0 Å². The second kappa shape index (κ2) is 2.09. The molecule has 0 unspecified atom stereocenters. The Morgan fingerprint density at radius 3 is 2.45 bits per heavy atom. The van der Waals surface area contributed by atoms with Gasteiger partial charge in [-0.3, -0.25) is 0 Å². The van der Waals surface area contributed by atoms with Crippen LogP contribution >= 0.6 is 0 Å². The Bertz CT molecular complexity index is 281. The van der Waals surface area contributed by atoms with Gasteiger partial charge in [0.15, 0.2) is 0 Å². The molecule has 11 heavy (non-hydrogen) atoms. The van der Waals surface area contributed by atoms with Gasteiger partial charge >= 0.3 is 5.97 Å². The smallest absolute Gasteiger partial charge is 0.335 e. The molecule has 0 fully saturated rings. The van der Waals surface area contributed by atoms with E-state index in [0.717, 1.165) is 0 Å². The van der Waals surface area contributed by atoms with Gasteiger partial charge in [-0.05, 0) is 0 Å². The van der Waals surface area contributed by atoms with Crippen LogP contribution in [0.4, 0.5) is 0 Å². The average Bonchev–Trinajstić information content (AvgIpc) is 2.51. The van der Waals surface area contributed by atoms with Crippen LogP contribution in [0.5, 0.6) is 0 Å². The summed E-state index contributed by atoms with van der Waals surface area (Å²) in [5.41, 5.74) is 0.717. The van der Waals surface area contributed by atoms with Crippen molar-refractivity contribution in [1.29, 1.82) is 5.26 Å². The van der Waals surface area contributed by atoms with Gasteiger partial charge in [-0.1, -0.05) is 13.8 Å². The number of hydrogen-bond donors (Lipinski definition) is 0. The molecule has 3 nitrogen and oxygen atoms in total. The van der Waals surface area contributed by atoms with Gasteiger partial charge in [-0.25, -0.2) is 4.79 Å². The first-order valence-corrected chi connectivity index (χ1v) is 3.29. The van der Waals surface area contributed by atoms with Crippen LogP contribution in [0.15, 0.2) is 11.1 Å². The Labute approximate surface area is 65.3 Å². The Hall–Kier alpha value is -1.30. The fourth-order valence-electron chi connectivity index (χ4n) is 1.12. The molecule has 0 bridgehead atoms. The molecule has 0 aromatic heterocycles. The first kappa shape index (κ1) is 7.80. The van der Waals surface area contributed by atoms with Crippen molar-refractivity contribution in [2.45, 2.75) is 13.8 Å². The Balaban J connectivity index is 2.86. The molecule has 0 aliphatic heterocycles. The zero-order chi connectivity index (χ0) is 8.65. The van der Waals surface area contributed by atoms with Crippen molar-refractivity contribution < 1.29 is 9.53 Å². The Kier molecular flexibility index (Phi) is 1.48. The van der Waals surface area contributed by atoms with Crippen molar-refractivity contribution in [3.8, 4) is 6.07 Å². The lowest BCUT2D eigenvalue weighted by Crippen LogP contribution is -2.04. The number of allylic oxidation sites excluding steroid dienone is 1. The average molecular weight is 151 g/mol. The van der Waals surface area contributed by atoms with E-state index in [1.807, 2.05) is 19.9 Å². The molecule has 58 valence electrons. The van der Waals surface area contributed by atoms with Crippen LogP contribution in [-0.2, 0) is 9.53 Å². The third-order valence-corrected chi connectivity index (χ3v) is 1.94. The van der Waals surface area contributed by atoms with Gasteiger partial charge in [0.25, 0.3) is 0 Å². The molecule has 0 saturated heterocycles. The third-order valence-electron chi connectivity index (χ3n) is 1.94. The predicted molar refractivity (Wildman–Crippen MR) is 38.4 cm³/mol. The van der Waals surface area contributed by atoms with Crippen molar-refractivity contribution in [3.63, 3.8) is 0 Å². The first-order valence-electron chi connectivity index (χ1n) is 3.29. The van der Waals surface area contributed by atoms with Crippen LogP contribution in [0.3, 0.4) is 0 Å². The second-order valence-electron chi connectivity index (χ2n) is 2.98. The van der Waals surface area contributed by atoms with Crippen LogP contribution < -0.4 is 0 Å². The first-order chi connectivity index (χ1) is 5.05. The van der Waals surface area contributed by atoms with Crippen molar-refractivity contribution in [1.82, 2.24) is 0 Å². The van der Waals surface area contributed by atoms with Crippen LogP contribution in [0.25, 0.3) is 0 Å². The van der Waals surface area contributed by atoms with Gasteiger partial charge in [-0.2, -0.15) is 5.26 Å². The number of rotatable bonds is 1. The van der Waals surface area contributed by atoms with E-state index >= 15 is 0 Å². The highest BCUT2D eigenvalue weighted by Crippen LogP contribution is 2.51. The number of esters is 1. The van der Waals surface area contributed by atoms with Crippen molar-refractivity contribution in [2.75, 3.05) is 7.11 Å². The van der Waals surface area contributed by atoms with Gasteiger partial charge in [0, 0.05) is 5.41 Å². The molecule has 0 aromatic rings. The lowest BCUT2D eigenvalue weighted by molar-refractivity contribution is -0.136. The zero-order valence-electron chi connectivity index (χ0n) is 6.76. The molecular weight excluding hydrogens is 142 g/mol. The van der Waals surface area contributed by atoms with Gasteiger partial charge in [-0.15, -0.1) is 0 Å². The standard InChI is InChI=1S/C8H9NO2/c1-8(2)5(4-9)6(8)7(10)11-3/h1-3H3. The topological polar surface area (TPSA) is 50.1 Å². The maximum atomic E-state index is 10.9. The molecule has 0 aromatic carbocycles. The number of carbonyl (C=O) groups is 1. The summed E-state index contributed by atoms with van der Waals surface area (Å²) in [4.78, 5) is 10.9. The van der Waals surface area contributed by atoms with Crippen LogP contribution in [0.2, 0.25) is 0 Å². The largest absolute Gasteiger partial charge is 0.466 e. The molecule has 3 heteroatoms. The van der Waals surface area contributed by atoms with E-state index in [-0.39, 0.29) is 11.4 Å². The molecule has 0 amide bonds. The fraction of sp³-hybridized carbons (Fsp3) is 0.500. The van der Waals surface area contributed by atoms with Gasteiger partial charge in [0.1, 0.15) is 0 Å². The SMILES string of the molecule is COC(=O)C1=C(C#N)C1(C)C. The minimum Gasteiger partial charge on any atom is -0.466 e. The summed E-state index contributed by atoms with van der Waals surface area (Å²) in [6.07, 6.45) is 0. The molecule has 1 aliphatic rings. The number of nitriles is 1. The van der Waals surface area contributed by atoms with E-state index < -0.39 is 0 Å². The van der Waals surface area contributed by atoms with E-state index in [9.17, 15) is 4.79 Å². The number of carbonyl (C=O) groups excluding carboxylic acids is 1. The molecule has 0 saturated carbocycles. The summed E-state index contributed by atoms with van der Waals surface area (Å²) in [6.45, 7) is 3.66. The Morgan fingerprint density at radius 2 is 2.18 bits per heavy atom. The molecular formula is C8H9NO2. The summed E-state index contributed by atoms with van der Waals surface area (Å²) in [7, 11) is 1.32. The highest BCUT2D eigenvalue weighted by Gasteiger charge is 2.50. The summed E-state index contributed by atoms with van der Waals surface area (Å²) < 4.78 is 4.49. The second-order valence-corrected chi connectivity index (χ2v) is 2.98. The van der Waals surface area contributed by atoms with E-state index in [0.29, 0.717) is 11.1 Å². The van der Waals surface area contributed by atoms with Crippen molar-refractivity contribution >= 4 is 5.97 Å². The van der Waals surface area contributed by atoms with Crippen molar-refractivity contribution in [2.24, 2.45) is 5.41 Å². The lowest BCUT2D eigenvalue weighted by atomic mass is 10.0. The highest BCUT2D eigenvalue weighted by molar-refractivity contribution is 5.99. The van der Waals surface area contributed by atoms with E-state index in [2.05, 4.69) is 4.74 Å². The molecule has 0 heterocycles. The summed E-state index contributed by atoms with van der Waals surface area (Å²) in [5, 5.41) is 8.54. The number of ether oxygens (including phenoxy) is 1. The molecule has 0 atom stereocenters. The molecule has 1 rings (SSSR count). The maximum Gasteiger partial charge on any atom is 0.335 e. The normalized spacial score (nSPS) is 19.1. The number of methoxy groups -OCH3 is 1. The van der Waals surface area contributed by atoms with Crippen molar-refractivity contribution in [3.05, 3.63) is 11.1 Å². The fourth-order valence-corrected chi connectivity index (χ4v) is 1.12. The predicted octanol–water partition coefficient (Wildman–Crippen LogP) is 1.02. The minimum absolute atomic E-state index is 0.345. The summed E-state index contributed by atoms with van der Waals surface area (Å²) in [6, 6.07) is 1.97. The number of hydrogen-bond acceptors (Lipinski definition) is 3. The quantitative estimate of drug-likeness (QED) is 0.526. The van der Waals surface area contributed by atoms with Crippen LogP contribution in [-0.4, -0.2) is 13.1 Å². The van der Waals surface area contributed by atoms with E-state index in [1.165, 1.54) is 7.11 Å². The van der Waals surface area contributed by atoms with Gasteiger partial charge < -0.3 is 4.74 Å². The molecule has 0 spiro atoms. The monoisotopic (exact) mass is 151 g/mol.